The Kier molecular flexibility index (Phi) is 6.96. The van der Waals surface area contributed by atoms with Gasteiger partial charge in [0.15, 0.2) is 5.11 Å². The summed E-state index contributed by atoms with van der Waals surface area (Å²) in [6.07, 6.45) is 0. The average molecular weight is 421 g/mol. The standard InChI is InChI=1S/C19H21BrN2O2S/c1-4-24-17-10-9-13(11-15(17)20)18(23)22-19(25)21-16-8-6-5-7-14(16)12(2)3/h5-12H,4H2,1-3H3,(H2,21,22,23,25). The van der Waals surface area contributed by atoms with Crippen LogP contribution in [0.15, 0.2) is 46.9 Å². The molecule has 0 atom stereocenters. The molecule has 0 fully saturated rings. The number of nitrogens with one attached hydrogen (secondary N) is 2. The quantitative estimate of drug-likeness (QED) is 0.660. The number of rotatable bonds is 5. The van der Waals surface area contributed by atoms with Crippen molar-refractivity contribution in [1.29, 1.82) is 0 Å². The van der Waals surface area contributed by atoms with Crippen molar-refractivity contribution in [2.24, 2.45) is 0 Å². The smallest absolute Gasteiger partial charge is 0.257 e. The molecule has 4 nitrogen and oxygen atoms in total. The maximum Gasteiger partial charge on any atom is 0.257 e. The van der Waals surface area contributed by atoms with Crippen molar-refractivity contribution < 1.29 is 9.53 Å². The van der Waals surface area contributed by atoms with Crippen molar-refractivity contribution in [3.05, 3.63) is 58.1 Å². The summed E-state index contributed by atoms with van der Waals surface area (Å²) < 4.78 is 6.18. The van der Waals surface area contributed by atoms with Gasteiger partial charge in [-0.1, -0.05) is 32.0 Å². The molecule has 0 aliphatic rings. The molecule has 2 aromatic carbocycles. The lowest BCUT2D eigenvalue weighted by molar-refractivity contribution is 0.0977. The minimum absolute atomic E-state index is 0.267. The van der Waals surface area contributed by atoms with E-state index in [2.05, 4.69) is 40.4 Å². The largest absolute Gasteiger partial charge is 0.493 e. The molecule has 132 valence electrons. The lowest BCUT2D eigenvalue weighted by Gasteiger charge is -2.15. The maximum absolute atomic E-state index is 12.4. The summed E-state index contributed by atoms with van der Waals surface area (Å²) in [5, 5.41) is 6.08. The van der Waals surface area contributed by atoms with Gasteiger partial charge in [-0.05, 0) is 70.8 Å². The van der Waals surface area contributed by atoms with Gasteiger partial charge in [0.1, 0.15) is 5.75 Å². The summed E-state index contributed by atoms with van der Waals surface area (Å²) in [7, 11) is 0. The van der Waals surface area contributed by atoms with Gasteiger partial charge in [0.05, 0.1) is 11.1 Å². The van der Waals surface area contributed by atoms with E-state index in [1.807, 2.05) is 31.2 Å². The van der Waals surface area contributed by atoms with Gasteiger partial charge in [-0.2, -0.15) is 0 Å². The van der Waals surface area contributed by atoms with E-state index < -0.39 is 0 Å². The number of hydrogen-bond donors (Lipinski definition) is 2. The van der Waals surface area contributed by atoms with E-state index in [-0.39, 0.29) is 11.0 Å². The molecular weight excluding hydrogens is 400 g/mol. The third-order valence-electron chi connectivity index (χ3n) is 3.55. The summed E-state index contributed by atoms with van der Waals surface area (Å²) >= 11 is 8.69. The Labute approximate surface area is 162 Å². The van der Waals surface area contributed by atoms with Crippen molar-refractivity contribution in [3.8, 4) is 5.75 Å². The SMILES string of the molecule is CCOc1ccc(C(=O)NC(=S)Nc2ccccc2C(C)C)cc1Br. The van der Waals surface area contributed by atoms with E-state index in [1.165, 1.54) is 0 Å². The van der Waals surface area contributed by atoms with Gasteiger partial charge < -0.3 is 10.1 Å². The number of ether oxygens (including phenoxy) is 1. The normalized spacial score (nSPS) is 10.4. The molecule has 0 saturated heterocycles. The molecule has 2 N–H and O–H groups in total. The maximum atomic E-state index is 12.4. The topological polar surface area (TPSA) is 50.4 Å². The lowest BCUT2D eigenvalue weighted by Crippen LogP contribution is -2.34. The summed E-state index contributed by atoms with van der Waals surface area (Å²) in [4.78, 5) is 12.4. The highest BCUT2D eigenvalue weighted by atomic mass is 79.9. The van der Waals surface area contributed by atoms with Gasteiger partial charge in [-0.25, -0.2) is 0 Å². The molecule has 0 saturated carbocycles. The first-order valence-corrected chi connectivity index (χ1v) is 9.26. The highest BCUT2D eigenvalue weighted by Crippen LogP contribution is 2.26. The predicted octanol–water partition coefficient (Wildman–Crippen LogP) is 5.10. The fourth-order valence-corrected chi connectivity index (χ4v) is 3.05. The van der Waals surface area contributed by atoms with E-state index in [4.69, 9.17) is 17.0 Å². The minimum Gasteiger partial charge on any atom is -0.493 e. The summed E-state index contributed by atoms with van der Waals surface area (Å²) in [5.74, 6) is 0.776. The van der Waals surface area contributed by atoms with Crippen LogP contribution in [0.25, 0.3) is 0 Å². The lowest BCUT2D eigenvalue weighted by atomic mass is 10.0. The van der Waals surface area contributed by atoms with Crippen LogP contribution in [0.5, 0.6) is 5.75 Å². The van der Waals surface area contributed by atoms with Crippen LogP contribution in [0.1, 0.15) is 42.6 Å². The second-order valence-electron chi connectivity index (χ2n) is 5.73. The first-order chi connectivity index (χ1) is 11.9. The van der Waals surface area contributed by atoms with Crippen molar-refractivity contribution in [1.82, 2.24) is 5.32 Å². The number of amides is 1. The monoisotopic (exact) mass is 420 g/mol. The second-order valence-corrected chi connectivity index (χ2v) is 6.99. The molecule has 0 unspecified atom stereocenters. The Morgan fingerprint density at radius 3 is 2.60 bits per heavy atom. The highest BCUT2D eigenvalue weighted by molar-refractivity contribution is 9.10. The Hall–Kier alpha value is -1.92. The molecule has 2 aromatic rings. The zero-order valence-corrected chi connectivity index (χ0v) is 16.8. The van der Waals surface area contributed by atoms with E-state index in [0.717, 1.165) is 15.7 Å². The van der Waals surface area contributed by atoms with Crippen LogP contribution >= 0.6 is 28.1 Å². The van der Waals surface area contributed by atoms with Crippen LogP contribution in [0.3, 0.4) is 0 Å². The van der Waals surface area contributed by atoms with Crippen molar-refractivity contribution in [3.63, 3.8) is 0 Å². The molecule has 0 aliphatic carbocycles. The van der Waals surface area contributed by atoms with Crippen LogP contribution in [0.4, 0.5) is 5.69 Å². The number of thiocarbonyl (C=S) groups is 1. The van der Waals surface area contributed by atoms with E-state index in [9.17, 15) is 4.79 Å². The van der Waals surface area contributed by atoms with Crippen LogP contribution in [-0.2, 0) is 0 Å². The number of halogens is 1. The Morgan fingerprint density at radius 2 is 1.96 bits per heavy atom. The van der Waals surface area contributed by atoms with Crippen molar-refractivity contribution in [2.75, 3.05) is 11.9 Å². The van der Waals surface area contributed by atoms with E-state index in [0.29, 0.717) is 23.8 Å². The zero-order valence-electron chi connectivity index (χ0n) is 14.4. The Morgan fingerprint density at radius 1 is 1.24 bits per heavy atom. The Bertz CT molecular complexity index is 778. The van der Waals surface area contributed by atoms with Gasteiger partial charge in [0.25, 0.3) is 5.91 Å². The third kappa shape index (κ3) is 5.28. The van der Waals surface area contributed by atoms with Gasteiger partial charge in [0.2, 0.25) is 0 Å². The molecule has 6 heteroatoms. The first kappa shape index (κ1) is 19.4. The van der Waals surface area contributed by atoms with Gasteiger partial charge >= 0.3 is 0 Å². The number of carbonyl (C=O) groups excluding carboxylic acids is 1. The number of hydrogen-bond acceptors (Lipinski definition) is 3. The fraction of sp³-hybridized carbons (Fsp3) is 0.263. The van der Waals surface area contributed by atoms with Crippen molar-refractivity contribution >= 4 is 44.9 Å². The highest BCUT2D eigenvalue weighted by Gasteiger charge is 2.12. The fourth-order valence-electron chi connectivity index (χ4n) is 2.36. The Balaban J connectivity index is 2.06. The minimum atomic E-state index is -0.275. The molecule has 0 spiro atoms. The van der Waals surface area contributed by atoms with Gasteiger partial charge in [0, 0.05) is 11.3 Å². The predicted molar refractivity (Wildman–Crippen MR) is 110 cm³/mol. The number of carbonyl (C=O) groups is 1. The zero-order chi connectivity index (χ0) is 18.4. The average Bonchev–Trinajstić information content (AvgIpc) is 2.57. The number of para-hydroxylation sites is 1. The second kappa shape index (κ2) is 8.97. The van der Waals surface area contributed by atoms with Gasteiger partial charge in [-0.3, -0.25) is 10.1 Å². The third-order valence-corrected chi connectivity index (χ3v) is 4.38. The van der Waals surface area contributed by atoms with E-state index in [1.54, 1.807) is 18.2 Å². The molecular formula is C19H21BrN2O2S. The first-order valence-electron chi connectivity index (χ1n) is 8.06. The summed E-state index contributed by atoms with van der Waals surface area (Å²) in [5.41, 5.74) is 2.54. The molecule has 1 amide bonds. The summed E-state index contributed by atoms with van der Waals surface area (Å²) in [6, 6.07) is 13.1. The number of benzene rings is 2. The molecule has 0 heterocycles. The molecule has 25 heavy (non-hydrogen) atoms. The summed E-state index contributed by atoms with van der Waals surface area (Å²) in [6.45, 7) is 6.69. The molecule has 0 bridgehead atoms. The van der Waals surface area contributed by atoms with Gasteiger partial charge in [-0.15, -0.1) is 0 Å². The molecule has 2 rings (SSSR count). The molecule has 0 aromatic heterocycles. The van der Waals surface area contributed by atoms with E-state index >= 15 is 0 Å². The van der Waals surface area contributed by atoms with Crippen molar-refractivity contribution in [2.45, 2.75) is 26.7 Å². The van der Waals surface area contributed by atoms with Crippen LogP contribution in [-0.4, -0.2) is 17.6 Å². The molecule has 0 radical (unpaired) electrons. The van der Waals surface area contributed by atoms with Crippen LogP contribution in [0.2, 0.25) is 0 Å². The van der Waals surface area contributed by atoms with Crippen LogP contribution < -0.4 is 15.4 Å². The van der Waals surface area contributed by atoms with Crippen LogP contribution in [0, 0.1) is 0 Å². The molecule has 0 aliphatic heterocycles. The number of anilines is 1.